The Kier molecular flexibility index (Phi) is 4.90. The molecule has 4 rings (SSSR count). The molecule has 0 fully saturated rings. The summed E-state index contributed by atoms with van der Waals surface area (Å²) < 4.78 is 6.35. The lowest BCUT2D eigenvalue weighted by Crippen LogP contribution is -2.33. The Morgan fingerprint density at radius 1 is 0.759 bits per heavy atom. The second-order valence-electron chi connectivity index (χ2n) is 9.45. The first-order chi connectivity index (χ1) is 13.8. The number of hydrogen-bond acceptors (Lipinski definition) is 2. The highest BCUT2D eigenvalue weighted by atomic mass is 16.5. The average molecular weight is 387 g/mol. The maximum atomic E-state index is 10.6. The van der Waals surface area contributed by atoms with E-state index in [4.69, 9.17) is 4.74 Å². The molecule has 0 bridgehead atoms. The molecule has 0 unspecified atom stereocenters. The van der Waals surface area contributed by atoms with Gasteiger partial charge in [-0.15, -0.1) is 0 Å². The number of ether oxygens (including phenoxy) is 1. The summed E-state index contributed by atoms with van der Waals surface area (Å²) in [4.78, 5) is 0. The lowest BCUT2D eigenvalue weighted by Gasteiger charge is -2.42. The first kappa shape index (κ1) is 19.6. The van der Waals surface area contributed by atoms with Crippen molar-refractivity contribution >= 4 is 0 Å². The van der Waals surface area contributed by atoms with Crippen molar-refractivity contribution in [1.29, 1.82) is 0 Å². The molecule has 0 saturated carbocycles. The molecule has 0 spiro atoms. The fourth-order valence-corrected chi connectivity index (χ4v) is 4.36. The predicted molar refractivity (Wildman–Crippen MR) is 120 cm³/mol. The van der Waals surface area contributed by atoms with Crippen molar-refractivity contribution < 1.29 is 9.84 Å². The van der Waals surface area contributed by atoms with Crippen LogP contribution in [0.2, 0.25) is 0 Å². The fourth-order valence-electron chi connectivity index (χ4n) is 4.36. The SMILES string of the molecule is CC1(C)CCC(C)(C)c2cc(-c3ccccc3O)c(OCc3ccccc3)cc21. The zero-order valence-corrected chi connectivity index (χ0v) is 17.8. The number of fused-ring (bicyclic) bond motifs is 1. The third kappa shape index (κ3) is 3.76. The molecular formula is C27H30O2. The second kappa shape index (κ2) is 7.26. The standard InChI is InChI=1S/C27H30O2/c1-26(2)14-15-27(3,4)23-17-25(29-18-19-10-6-5-7-11-19)21(16-22(23)26)20-12-8-9-13-24(20)28/h5-13,16-17,28H,14-15,18H2,1-4H3. The van der Waals surface area contributed by atoms with Gasteiger partial charge in [0, 0.05) is 11.1 Å². The van der Waals surface area contributed by atoms with Gasteiger partial charge in [0.2, 0.25) is 0 Å². The van der Waals surface area contributed by atoms with Gasteiger partial charge in [0.1, 0.15) is 18.1 Å². The molecule has 0 atom stereocenters. The first-order valence-electron chi connectivity index (χ1n) is 10.4. The van der Waals surface area contributed by atoms with Crippen molar-refractivity contribution in [3.05, 3.63) is 83.4 Å². The molecule has 0 aliphatic heterocycles. The van der Waals surface area contributed by atoms with E-state index in [1.807, 2.05) is 36.4 Å². The quantitative estimate of drug-likeness (QED) is 0.524. The highest BCUT2D eigenvalue weighted by Gasteiger charge is 2.38. The smallest absolute Gasteiger partial charge is 0.128 e. The number of rotatable bonds is 4. The minimum Gasteiger partial charge on any atom is -0.507 e. The summed E-state index contributed by atoms with van der Waals surface area (Å²) >= 11 is 0. The van der Waals surface area contributed by atoms with Crippen LogP contribution in [0.25, 0.3) is 11.1 Å². The number of phenolic OH excluding ortho intramolecular Hbond substituents is 1. The average Bonchev–Trinajstić information content (AvgIpc) is 2.71. The van der Waals surface area contributed by atoms with E-state index < -0.39 is 0 Å². The highest BCUT2D eigenvalue weighted by molar-refractivity contribution is 5.77. The van der Waals surface area contributed by atoms with Crippen LogP contribution in [0, 0.1) is 0 Å². The van der Waals surface area contributed by atoms with Gasteiger partial charge in [0.05, 0.1) is 0 Å². The number of phenols is 1. The lowest BCUT2D eigenvalue weighted by atomic mass is 9.62. The molecule has 0 amide bonds. The highest BCUT2D eigenvalue weighted by Crippen LogP contribution is 2.50. The Morgan fingerprint density at radius 3 is 2.00 bits per heavy atom. The van der Waals surface area contributed by atoms with Crippen LogP contribution in [0.15, 0.2) is 66.7 Å². The van der Waals surface area contributed by atoms with Crippen LogP contribution in [0.3, 0.4) is 0 Å². The molecule has 0 saturated heterocycles. The van der Waals surface area contributed by atoms with Crippen molar-refractivity contribution in [1.82, 2.24) is 0 Å². The molecule has 1 aliphatic carbocycles. The van der Waals surface area contributed by atoms with E-state index in [0.29, 0.717) is 6.61 Å². The largest absolute Gasteiger partial charge is 0.507 e. The number of aromatic hydroxyl groups is 1. The normalized spacial score (nSPS) is 16.8. The van der Waals surface area contributed by atoms with Gasteiger partial charge < -0.3 is 9.84 Å². The summed E-state index contributed by atoms with van der Waals surface area (Å²) in [6.07, 6.45) is 2.30. The van der Waals surface area contributed by atoms with Crippen molar-refractivity contribution in [2.24, 2.45) is 0 Å². The molecule has 0 aromatic heterocycles. The van der Waals surface area contributed by atoms with Crippen LogP contribution in [-0.4, -0.2) is 5.11 Å². The van der Waals surface area contributed by atoms with Crippen molar-refractivity contribution in [3.8, 4) is 22.6 Å². The zero-order valence-electron chi connectivity index (χ0n) is 17.8. The Morgan fingerprint density at radius 2 is 1.34 bits per heavy atom. The van der Waals surface area contributed by atoms with Crippen molar-refractivity contribution in [3.63, 3.8) is 0 Å². The van der Waals surface area contributed by atoms with E-state index in [0.717, 1.165) is 35.3 Å². The molecule has 1 N–H and O–H groups in total. The molecule has 1 aliphatic rings. The molecule has 2 heteroatoms. The predicted octanol–water partition coefficient (Wildman–Crippen LogP) is 6.99. The summed E-state index contributed by atoms with van der Waals surface area (Å²) in [6, 6.07) is 22.2. The van der Waals surface area contributed by atoms with Crippen LogP contribution in [0.5, 0.6) is 11.5 Å². The third-order valence-corrected chi connectivity index (χ3v) is 6.38. The Bertz CT molecular complexity index is 1020. The van der Waals surface area contributed by atoms with Gasteiger partial charge in [-0.1, -0.05) is 76.2 Å². The summed E-state index contributed by atoms with van der Waals surface area (Å²) in [5.41, 5.74) is 5.83. The van der Waals surface area contributed by atoms with Crippen LogP contribution >= 0.6 is 0 Å². The van der Waals surface area contributed by atoms with Gasteiger partial charge in [0.15, 0.2) is 0 Å². The molecule has 29 heavy (non-hydrogen) atoms. The van der Waals surface area contributed by atoms with Gasteiger partial charge in [0.25, 0.3) is 0 Å². The fraction of sp³-hybridized carbons (Fsp3) is 0.333. The molecule has 0 heterocycles. The molecule has 3 aromatic rings. The van der Waals surface area contributed by atoms with Gasteiger partial charge in [-0.3, -0.25) is 0 Å². The minimum absolute atomic E-state index is 0.0992. The maximum Gasteiger partial charge on any atom is 0.128 e. The molecule has 3 aromatic carbocycles. The van der Waals surface area contributed by atoms with Crippen molar-refractivity contribution in [2.45, 2.75) is 58.0 Å². The van der Waals surface area contributed by atoms with Gasteiger partial charge in [-0.05, 0) is 58.6 Å². The minimum atomic E-state index is 0.0992. The Hall–Kier alpha value is -2.74. The molecule has 150 valence electrons. The second-order valence-corrected chi connectivity index (χ2v) is 9.45. The number of hydrogen-bond donors (Lipinski definition) is 1. The summed E-state index contributed by atoms with van der Waals surface area (Å²) in [7, 11) is 0. The Labute approximate surface area is 174 Å². The van der Waals surface area contributed by atoms with Crippen LogP contribution in [0.1, 0.15) is 57.2 Å². The van der Waals surface area contributed by atoms with E-state index >= 15 is 0 Å². The summed E-state index contributed by atoms with van der Waals surface area (Å²) in [5.74, 6) is 1.12. The third-order valence-electron chi connectivity index (χ3n) is 6.38. The van der Waals surface area contributed by atoms with Gasteiger partial charge in [-0.25, -0.2) is 0 Å². The topological polar surface area (TPSA) is 29.5 Å². The lowest BCUT2D eigenvalue weighted by molar-refractivity contribution is 0.300. The van der Waals surface area contributed by atoms with E-state index in [1.54, 1.807) is 6.07 Å². The van der Waals surface area contributed by atoms with Crippen LogP contribution < -0.4 is 4.74 Å². The zero-order chi connectivity index (χ0) is 20.6. The van der Waals surface area contributed by atoms with Gasteiger partial charge >= 0.3 is 0 Å². The molecule has 2 nitrogen and oxygen atoms in total. The first-order valence-corrected chi connectivity index (χ1v) is 10.4. The molecular weight excluding hydrogens is 356 g/mol. The number of benzene rings is 3. The molecule has 0 radical (unpaired) electrons. The van der Waals surface area contributed by atoms with Crippen LogP contribution in [-0.2, 0) is 17.4 Å². The van der Waals surface area contributed by atoms with Crippen molar-refractivity contribution in [2.75, 3.05) is 0 Å². The van der Waals surface area contributed by atoms with E-state index in [9.17, 15) is 5.11 Å². The monoisotopic (exact) mass is 386 g/mol. The van der Waals surface area contributed by atoms with E-state index in [1.165, 1.54) is 11.1 Å². The number of para-hydroxylation sites is 1. The van der Waals surface area contributed by atoms with E-state index in [-0.39, 0.29) is 16.6 Å². The van der Waals surface area contributed by atoms with Crippen LogP contribution in [0.4, 0.5) is 0 Å². The van der Waals surface area contributed by atoms with E-state index in [2.05, 4.69) is 52.0 Å². The summed E-state index contributed by atoms with van der Waals surface area (Å²) in [5, 5.41) is 10.6. The maximum absolute atomic E-state index is 10.6. The van der Waals surface area contributed by atoms with Gasteiger partial charge in [-0.2, -0.15) is 0 Å². The summed E-state index contributed by atoms with van der Waals surface area (Å²) in [6.45, 7) is 9.79. The Balaban J connectivity index is 1.87.